The van der Waals surface area contributed by atoms with Gasteiger partial charge in [0.1, 0.15) is 5.60 Å². The molecule has 1 aromatic rings. The second kappa shape index (κ2) is 4.74. The smallest absolute Gasteiger partial charge is 0.185 e. The number of rotatable bonds is 5. The third-order valence-corrected chi connectivity index (χ3v) is 2.26. The lowest BCUT2D eigenvalue weighted by Crippen LogP contribution is -2.43. The van der Waals surface area contributed by atoms with Gasteiger partial charge in [0, 0.05) is 33.9 Å². The van der Waals surface area contributed by atoms with Crippen LogP contribution < -0.4 is 0 Å². The lowest BCUT2D eigenvalue weighted by atomic mass is 9.98. The van der Waals surface area contributed by atoms with Gasteiger partial charge in [-0.25, -0.2) is 0 Å². The van der Waals surface area contributed by atoms with E-state index in [4.69, 9.17) is 9.47 Å². The predicted molar refractivity (Wildman–Crippen MR) is 55.3 cm³/mol. The van der Waals surface area contributed by atoms with Gasteiger partial charge in [-0.3, -0.25) is 4.68 Å². The van der Waals surface area contributed by atoms with E-state index >= 15 is 0 Å². The van der Waals surface area contributed by atoms with Crippen LogP contribution in [0.15, 0.2) is 12.4 Å². The fourth-order valence-electron chi connectivity index (χ4n) is 1.66. The first-order valence-corrected chi connectivity index (χ1v) is 4.75. The Bertz CT molecular complexity index is 305. The Hall–Kier alpha value is -0.910. The van der Waals surface area contributed by atoms with Crippen LogP contribution in [0.25, 0.3) is 0 Å². The van der Waals surface area contributed by atoms with Crippen LogP contribution in [0.2, 0.25) is 0 Å². The molecule has 1 N–H and O–H groups in total. The molecule has 0 aliphatic heterocycles. The van der Waals surface area contributed by atoms with Crippen LogP contribution in [0, 0.1) is 0 Å². The molecule has 1 rings (SSSR count). The maximum Gasteiger partial charge on any atom is 0.185 e. The van der Waals surface area contributed by atoms with Crippen LogP contribution in [0.5, 0.6) is 0 Å². The van der Waals surface area contributed by atoms with Crippen molar-refractivity contribution >= 4 is 0 Å². The van der Waals surface area contributed by atoms with Gasteiger partial charge in [0.05, 0.1) is 6.20 Å². The summed E-state index contributed by atoms with van der Waals surface area (Å²) in [6.45, 7) is 1.68. The minimum absolute atomic E-state index is 0.438. The molecule has 86 valence electrons. The fourth-order valence-corrected chi connectivity index (χ4v) is 1.66. The number of ether oxygens (including phenoxy) is 2. The van der Waals surface area contributed by atoms with Gasteiger partial charge in [-0.1, -0.05) is 0 Å². The second-order valence-corrected chi connectivity index (χ2v) is 3.86. The summed E-state index contributed by atoms with van der Waals surface area (Å²) in [5.74, 6) is 0. The number of hydrogen-bond donors (Lipinski definition) is 1. The molecule has 0 amide bonds. The van der Waals surface area contributed by atoms with Gasteiger partial charge in [0.2, 0.25) is 0 Å². The molecule has 0 aromatic carbocycles. The van der Waals surface area contributed by atoms with Crippen molar-refractivity contribution in [3.05, 3.63) is 18.0 Å². The van der Waals surface area contributed by atoms with E-state index in [-0.39, 0.29) is 0 Å². The van der Waals surface area contributed by atoms with Gasteiger partial charge in [-0.2, -0.15) is 5.10 Å². The summed E-state index contributed by atoms with van der Waals surface area (Å²) in [5.41, 5.74) is -0.117. The van der Waals surface area contributed by atoms with Crippen molar-refractivity contribution in [3.63, 3.8) is 0 Å². The van der Waals surface area contributed by atoms with Crippen LogP contribution in [0.3, 0.4) is 0 Å². The first kappa shape index (κ1) is 12.2. The van der Waals surface area contributed by atoms with Crippen LogP contribution >= 0.6 is 0 Å². The molecule has 0 aliphatic carbocycles. The standard InChI is InChI=1S/C10H18N2O3/c1-10(13,9(14-3)15-4)5-8-6-11-12(2)7-8/h6-7,9,13H,5H2,1-4H3. The molecule has 0 fully saturated rings. The number of aryl methyl sites for hydroxylation is 1. The zero-order chi connectivity index (χ0) is 11.5. The molecule has 5 heteroatoms. The molecule has 0 radical (unpaired) electrons. The monoisotopic (exact) mass is 214 g/mol. The molecule has 0 saturated heterocycles. The highest BCUT2D eigenvalue weighted by Gasteiger charge is 2.32. The molecular weight excluding hydrogens is 196 g/mol. The van der Waals surface area contributed by atoms with Gasteiger partial charge < -0.3 is 14.6 Å². The van der Waals surface area contributed by atoms with Crippen molar-refractivity contribution in [2.24, 2.45) is 7.05 Å². The van der Waals surface area contributed by atoms with Crippen molar-refractivity contribution < 1.29 is 14.6 Å². The molecular formula is C10H18N2O3. The number of methoxy groups -OCH3 is 2. The van der Waals surface area contributed by atoms with Gasteiger partial charge in [0.25, 0.3) is 0 Å². The Morgan fingerprint density at radius 1 is 1.53 bits per heavy atom. The predicted octanol–water partition coefficient (Wildman–Crippen LogP) is 0.332. The molecule has 5 nitrogen and oxygen atoms in total. The van der Waals surface area contributed by atoms with Gasteiger partial charge in [0.15, 0.2) is 6.29 Å². The number of hydrogen-bond acceptors (Lipinski definition) is 4. The molecule has 0 spiro atoms. The van der Waals surface area contributed by atoms with Crippen molar-refractivity contribution in [2.45, 2.75) is 25.2 Å². The summed E-state index contributed by atoms with van der Waals surface area (Å²) in [4.78, 5) is 0. The average molecular weight is 214 g/mol. The van der Waals surface area contributed by atoms with Crippen LogP contribution in [-0.2, 0) is 22.9 Å². The topological polar surface area (TPSA) is 56.5 Å². The quantitative estimate of drug-likeness (QED) is 0.718. The van der Waals surface area contributed by atoms with Gasteiger partial charge in [-0.05, 0) is 12.5 Å². The van der Waals surface area contributed by atoms with E-state index in [0.29, 0.717) is 6.42 Å². The van der Waals surface area contributed by atoms with Gasteiger partial charge in [-0.15, -0.1) is 0 Å². The third-order valence-electron chi connectivity index (χ3n) is 2.26. The second-order valence-electron chi connectivity index (χ2n) is 3.86. The molecule has 1 heterocycles. The van der Waals surface area contributed by atoms with E-state index in [9.17, 15) is 5.11 Å². The van der Waals surface area contributed by atoms with E-state index in [1.807, 2.05) is 13.2 Å². The van der Waals surface area contributed by atoms with Crippen LogP contribution in [0.1, 0.15) is 12.5 Å². The first-order valence-electron chi connectivity index (χ1n) is 4.75. The van der Waals surface area contributed by atoms with E-state index < -0.39 is 11.9 Å². The van der Waals surface area contributed by atoms with Crippen molar-refractivity contribution in [3.8, 4) is 0 Å². The van der Waals surface area contributed by atoms with E-state index in [1.54, 1.807) is 17.8 Å². The normalized spacial score (nSPS) is 15.6. The van der Waals surface area contributed by atoms with Crippen molar-refractivity contribution in [1.82, 2.24) is 9.78 Å². The van der Waals surface area contributed by atoms with E-state index in [1.165, 1.54) is 14.2 Å². The Balaban J connectivity index is 2.70. The highest BCUT2D eigenvalue weighted by molar-refractivity contribution is 5.08. The number of nitrogens with zero attached hydrogens (tertiary/aromatic N) is 2. The Morgan fingerprint density at radius 3 is 2.53 bits per heavy atom. The fraction of sp³-hybridized carbons (Fsp3) is 0.700. The molecule has 15 heavy (non-hydrogen) atoms. The molecule has 0 aliphatic rings. The average Bonchev–Trinajstić information content (AvgIpc) is 2.51. The lowest BCUT2D eigenvalue weighted by Gasteiger charge is -2.30. The maximum absolute atomic E-state index is 10.1. The summed E-state index contributed by atoms with van der Waals surface area (Å²) in [6.07, 6.45) is 3.37. The molecule has 1 atom stereocenters. The van der Waals surface area contributed by atoms with Gasteiger partial charge >= 0.3 is 0 Å². The minimum Gasteiger partial charge on any atom is -0.385 e. The highest BCUT2D eigenvalue weighted by atomic mass is 16.7. The largest absolute Gasteiger partial charge is 0.385 e. The lowest BCUT2D eigenvalue weighted by molar-refractivity contribution is -0.207. The molecule has 0 bridgehead atoms. The zero-order valence-corrected chi connectivity index (χ0v) is 9.60. The Labute approximate surface area is 89.6 Å². The SMILES string of the molecule is COC(OC)C(C)(O)Cc1cnn(C)c1. The summed E-state index contributed by atoms with van der Waals surface area (Å²) in [5, 5.41) is 14.2. The summed E-state index contributed by atoms with van der Waals surface area (Å²) in [6, 6.07) is 0. The Morgan fingerprint density at radius 2 is 2.13 bits per heavy atom. The summed E-state index contributed by atoms with van der Waals surface area (Å²) >= 11 is 0. The molecule has 1 unspecified atom stereocenters. The number of aromatic nitrogens is 2. The third kappa shape index (κ3) is 3.02. The number of aliphatic hydroxyl groups is 1. The van der Waals surface area contributed by atoms with Crippen molar-refractivity contribution in [2.75, 3.05) is 14.2 Å². The Kier molecular flexibility index (Phi) is 3.84. The van der Waals surface area contributed by atoms with Crippen LogP contribution in [0.4, 0.5) is 0 Å². The first-order chi connectivity index (χ1) is 6.99. The minimum atomic E-state index is -1.06. The summed E-state index contributed by atoms with van der Waals surface area (Å²) < 4.78 is 11.8. The van der Waals surface area contributed by atoms with Crippen LogP contribution in [-0.4, -0.2) is 41.0 Å². The zero-order valence-electron chi connectivity index (χ0n) is 9.60. The van der Waals surface area contributed by atoms with Crippen molar-refractivity contribution in [1.29, 1.82) is 0 Å². The van der Waals surface area contributed by atoms with E-state index in [0.717, 1.165) is 5.56 Å². The molecule has 1 aromatic heterocycles. The maximum atomic E-state index is 10.1. The van der Waals surface area contributed by atoms with E-state index in [2.05, 4.69) is 5.10 Å². The molecule has 0 saturated carbocycles. The summed E-state index contributed by atoms with van der Waals surface area (Å²) in [7, 11) is 4.85. The highest BCUT2D eigenvalue weighted by Crippen LogP contribution is 2.19.